The molecule has 2 atom stereocenters. The molecule has 2 heterocycles. The van der Waals surface area contributed by atoms with Crippen LogP contribution in [0, 0.1) is 11.3 Å². The van der Waals surface area contributed by atoms with E-state index in [1.54, 1.807) is 35.1 Å². The molecule has 1 aromatic carbocycles. The zero-order valence-corrected chi connectivity index (χ0v) is 14.6. The Morgan fingerprint density at radius 1 is 1.31 bits per heavy atom. The number of amides is 2. The van der Waals surface area contributed by atoms with E-state index < -0.39 is 11.4 Å². The highest BCUT2D eigenvalue weighted by molar-refractivity contribution is 5.91. The van der Waals surface area contributed by atoms with Gasteiger partial charge in [-0.05, 0) is 43.0 Å². The molecule has 1 aliphatic carbocycles. The molecule has 0 unspecified atom stereocenters. The number of aryl methyl sites for hydroxylation is 1. The third-order valence-electron chi connectivity index (χ3n) is 5.58. The van der Waals surface area contributed by atoms with E-state index in [1.807, 2.05) is 12.1 Å². The second-order valence-electron chi connectivity index (χ2n) is 7.18. The van der Waals surface area contributed by atoms with Crippen LogP contribution in [-0.2, 0) is 11.8 Å². The van der Waals surface area contributed by atoms with Gasteiger partial charge in [0.25, 0.3) is 0 Å². The van der Waals surface area contributed by atoms with E-state index >= 15 is 0 Å². The molecule has 2 amide bonds. The number of carboxylic acid groups (broad SMARTS) is 1. The average molecular weight is 355 g/mol. The van der Waals surface area contributed by atoms with Crippen molar-refractivity contribution in [3.8, 4) is 11.4 Å². The molecule has 2 aromatic rings. The van der Waals surface area contributed by atoms with E-state index in [2.05, 4.69) is 15.4 Å². The van der Waals surface area contributed by atoms with Crippen LogP contribution in [0.2, 0.25) is 0 Å². The molecule has 26 heavy (non-hydrogen) atoms. The summed E-state index contributed by atoms with van der Waals surface area (Å²) in [6.45, 7) is 0.794. The van der Waals surface area contributed by atoms with Crippen LogP contribution in [0.3, 0.4) is 0 Å². The van der Waals surface area contributed by atoms with Crippen molar-refractivity contribution in [2.75, 3.05) is 18.4 Å². The maximum absolute atomic E-state index is 12.6. The van der Waals surface area contributed by atoms with Gasteiger partial charge in [-0.3, -0.25) is 9.48 Å². The number of likely N-dealkylation sites (tertiary alicyclic amines) is 1. The molecule has 1 saturated carbocycles. The molecule has 2 aliphatic rings. The summed E-state index contributed by atoms with van der Waals surface area (Å²) in [5.74, 6) is -0.0907. The number of carbonyl (C=O) groups is 2. The second-order valence-corrected chi connectivity index (χ2v) is 7.18. The van der Waals surface area contributed by atoms with E-state index in [1.165, 1.54) is 0 Å². The van der Waals surface area contributed by atoms with Gasteiger partial charge in [0, 0.05) is 31.4 Å². The molecule has 0 bridgehead atoms. The Hall–Kier alpha value is -2.90. The van der Waals surface area contributed by atoms with Gasteiger partial charge in [-0.15, -0.1) is 0 Å². The fourth-order valence-electron chi connectivity index (χ4n) is 4.17. The molecule has 1 aromatic heterocycles. The molecule has 2 N–H and O–H groups in total. The van der Waals surface area contributed by atoms with Crippen LogP contribution in [0.25, 0.3) is 11.4 Å². The highest BCUT2D eigenvalue weighted by atomic mass is 16.4. The number of carbonyl (C=O) groups excluding carboxylic acids is 1. The summed E-state index contributed by atoms with van der Waals surface area (Å²) >= 11 is 0. The topological polar surface area (TPSA) is 100 Å². The molecule has 8 heteroatoms. The lowest BCUT2D eigenvalue weighted by atomic mass is 9.81. The Bertz CT molecular complexity index is 847. The third-order valence-corrected chi connectivity index (χ3v) is 5.58. The minimum atomic E-state index is -0.775. The van der Waals surface area contributed by atoms with Gasteiger partial charge in [0.2, 0.25) is 0 Å². The van der Waals surface area contributed by atoms with Crippen molar-refractivity contribution in [1.29, 1.82) is 0 Å². The molecule has 136 valence electrons. The summed E-state index contributed by atoms with van der Waals surface area (Å²) in [6, 6.07) is 7.05. The largest absolute Gasteiger partial charge is 0.481 e. The Morgan fingerprint density at radius 3 is 2.69 bits per heavy atom. The maximum atomic E-state index is 12.6. The minimum Gasteiger partial charge on any atom is -0.481 e. The van der Waals surface area contributed by atoms with Gasteiger partial charge < -0.3 is 15.3 Å². The van der Waals surface area contributed by atoms with Crippen LogP contribution < -0.4 is 5.32 Å². The van der Waals surface area contributed by atoms with Crippen LogP contribution in [-0.4, -0.2) is 49.9 Å². The predicted molar refractivity (Wildman–Crippen MR) is 94.4 cm³/mol. The molecule has 1 aliphatic heterocycles. The van der Waals surface area contributed by atoms with Crippen molar-refractivity contribution in [2.24, 2.45) is 18.4 Å². The van der Waals surface area contributed by atoms with Crippen molar-refractivity contribution < 1.29 is 14.7 Å². The third kappa shape index (κ3) is 2.71. The van der Waals surface area contributed by atoms with E-state index in [0.29, 0.717) is 24.5 Å². The first-order valence-electron chi connectivity index (χ1n) is 8.73. The highest BCUT2D eigenvalue weighted by Gasteiger charge is 2.55. The molecule has 4 rings (SSSR count). The van der Waals surface area contributed by atoms with Gasteiger partial charge in [-0.25, -0.2) is 9.78 Å². The Morgan fingerprint density at radius 2 is 2.08 bits per heavy atom. The fraction of sp³-hybridized carbons (Fsp3) is 0.444. The van der Waals surface area contributed by atoms with Crippen molar-refractivity contribution in [2.45, 2.75) is 19.3 Å². The summed E-state index contributed by atoms with van der Waals surface area (Å²) in [5, 5.41) is 16.7. The normalized spacial score (nSPS) is 24.5. The Kier molecular flexibility index (Phi) is 3.90. The lowest BCUT2D eigenvalue weighted by Gasteiger charge is -2.23. The lowest BCUT2D eigenvalue weighted by molar-refractivity contribution is -0.149. The van der Waals surface area contributed by atoms with Gasteiger partial charge in [0.1, 0.15) is 6.33 Å². The van der Waals surface area contributed by atoms with Gasteiger partial charge >= 0.3 is 12.0 Å². The summed E-state index contributed by atoms with van der Waals surface area (Å²) in [6.07, 6.45) is 4.09. The number of nitrogens with one attached hydrogen (secondary N) is 1. The van der Waals surface area contributed by atoms with E-state index in [-0.39, 0.29) is 18.5 Å². The number of aromatic nitrogens is 3. The summed E-state index contributed by atoms with van der Waals surface area (Å²) in [5.41, 5.74) is 0.770. The molecule has 0 spiro atoms. The SMILES string of the molecule is Cn1cnc(-c2ccc(NC(=O)N3C[C@@H]4CCC[C@@]4(C(=O)O)C3)cc2)n1. The zero-order chi connectivity index (χ0) is 18.3. The van der Waals surface area contributed by atoms with Crippen molar-refractivity contribution in [3.05, 3.63) is 30.6 Å². The number of rotatable bonds is 3. The van der Waals surface area contributed by atoms with Gasteiger partial charge in [-0.1, -0.05) is 6.42 Å². The molecule has 2 fully saturated rings. The molecule has 1 saturated heterocycles. The van der Waals surface area contributed by atoms with Crippen LogP contribution in [0.15, 0.2) is 30.6 Å². The second kappa shape index (κ2) is 6.12. The molecule has 8 nitrogen and oxygen atoms in total. The standard InChI is InChI=1S/C18H21N5O3/c1-22-11-19-15(21-22)12-4-6-14(7-5-12)20-17(26)23-9-13-3-2-8-18(13,10-23)16(24)25/h4-7,11,13H,2-3,8-10H2,1H3,(H,20,26)(H,24,25)/t13-,18+/m0/s1. The number of nitrogens with zero attached hydrogens (tertiary/aromatic N) is 4. The van der Waals surface area contributed by atoms with Crippen LogP contribution in [0.5, 0.6) is 0 Å². The molecular formula is C18H21N5O3. The zero-order valence-electron chi connectivity index (χ0n) is 14.6. The summed E-state index contributed by atoms with van der Waals surface area (Å²) < 4.78 is 1.63. The first kappa shape index (κ1) is 16.6. The Balaban J connectivity index is 1.43. The van der Waals surface area contributed by atoms with Gasteiger partial charge in [0.05, 0.1) is 5.41 Å². The van der Waals surface area contributed by atoms with Crippen LogP contribution in [0.1, 0.15) is 19.3 Å². The van der Waals surface area contributed by atoms with Gasteiger partial charge in [0.15, 0.2) is 5.82 Å². The van der Waals surface area contributed by atoms with E-state index in [9.17, 15) is 14.7 Å². The number of benzene rings is 1. The number of anilines is 1. The van der Waals surface area contributed by atoms with Crippen molar-refractivity contribution in [3.63, 3.8) is 0 Å². The predicted octanol–water partition coefficient (Wildman–Crippen LogP) is 2.20. The number of hydrogen-bond acceptors (Lipinski definition) is 4. The van der Waals surface area contributed by atoms with E-state index in [4.69, 9.17) is 0 Å². The Labute approximate surface area is 150 Å². The minimum absolute atomic E-state index is 0.0587. The first-order valence-corrected chi connectivity index (χ1v) is 8.73. The van der Waals surface area contributed by atoms with Crippen LogP contribution in [0.4, 0.5) is 10.5 Å². The highest BCUT2D eigenvalue weighted by Crippen LogP contribution is 2.48. The first-order chi connectivity index (χ1) is 12.5. The number of aliphatic carboxylic acids is 1. The average Bonchev–Trinajstić information content (AvgIpc) is 3.29. The maximum Gasteiger partial charge on any atom is 0.321 e. The number of urea groups is 1. The lowest BCUT2D eigenvalue weighted by Crippen LogP contribution is -2.38. The summed E-state index contributed by atoms with van der Waals surface area (Å²) in [7, 11) is 1.81. The van der Waals surface area contributed by atoms with Crippen LogP contribution >= 0.6 is 0 Å². The summed E-state index contributed by atoms with van der Waals surface area (Å²) in [4.78, 5) is 30.1. The quantitative estimate of drug-likeness (QED) is 0.879. The molecule has 0 radical (unpaired) electrons. The molecular weight excluding hydrogens is 334 g/mol. The monoisotopic (exact) mass is 355 g/mol. The fourth-order valence-corrected chi connectivity index (χ4v) is 4.17. The van der Waals surface area contributed by atoms with Crippen molar-refractivity contribution >= 4 is 17.7 Å². The number of hydrogen-bond donors (Lipinski definition) is 2. The van der Waals surface area contributed by atoms with Crippen molar-refractivity contribution in [1.82, 2.24) is 19.7 Å². The smallest absolute Gasteiger partial charge is 0.321 e. The number of fused-ring (bicyclic) bond motifs is 1. The number of carboxylic acids is 1. The van der Waals surface area contributed by atoms with Gasteiger partial charge in [-0.2, -0.15) is 5.10 Å². The van der Waals surface area contributed by atoms with E-state index in [0.717, 1.165) is 18.4 Å².